The number of rotatable bonds is 7. The van der Waals surface area contributed by atoms with E-state index in [4.69, 9.17) is 22.8 Å². The molecular weight excluding hydrogens is 431 g/mol. The lowest BCUT2D eigenvalue weighted by Gasteiger charge is -2.34. The van der Waals surface area contributed by atoms with Crippen molar-refractivity contribution < 1.29 is 13.9 Å². The van der Waals surface area contributed by atoms with Gasteiger partial charge in [0, 0.05) is 19.6 Å². The summed E-state index contributed by atoms with van der Waals surface area (Å²) >= 11 is 1.02. The number of hydrogen-bond donors (Lipinski definition) is 2. The van der Waals surface area contributed by atoms with Crippen LogP contribution in [-0.2, 0) is 16.0 Å². The fraction of sp³-hybridized carbons (Fsp3) is 0.364. The van der Waals surface area contributed by atoms with Gasteiger partial charge in [0.1, 0.15) is 28.0 Å². The maximum absolute atomic E-state index is 13.4. The number of amides is 1. The molecule has 1 aliphatic rings. The molecule has 0 radical (unpaired) electrons. The van der Waals surface area contributed by atoms with Gasteiger partial charge in [-0.1, -0.05) is 30.8 Å². The monoisotopic (exact) mass is 454 g/mol. The average Bonchev–Trinajstić information content (AvgIpc) is 2.81. The van der Waals surface area contributed by atoms with Gasteiger partial charge >= 0.3 is 0 Å². The molecule has 1 aliphatic heterocycles. The van der Waals surface area contributed by atoms with Crippen LogP contribution in [0.15, 0.2) is 29.3 Å². The van der Waals surface area contributed by atoms with Crippen molar-refractivity contribution in [1.82, 2.24) is 4.98 Å². The van der Waals surface area contributed by atoms with E-state index >= 15 is 0 Å². The van der Waals surface area contributed by atoms with Gasteiger partial charge in [-0.2, -0.15) is 5.26 Å². The number of nitrogens with zero attached hydrogens (tertiary/aromatic N) is 4. The number of primary amides is 1. The standard InChI is InChI=1S/C22H23FN6O2S/c1-3-16-17(11-25)22(32-19(20(26)30)13-4-6-14(23)7-5-13)28-21(18(16)27-2)29-8-9-31-15(10-24)12-29/h4-7,15,19H,3,8-10,12,24H2,1H3,(H2,26,30)/t15-,19?/m1/s1. The second-order valence-corrected chi connectivity index (χ2v) is 8.24. The van der Waals surface area contributed by atoms with Gasteiger partial charge in [0.15, 0.2) is 0 Å². The van der Waals surface area contributed by atoms with Crippen LogP contribution in [0.5, 0.6) is 0 Å². The Kier molecular flexibility index (Phi) is 7.65. The van der Waals surface area contributed by atoms with Crippen LogP contribution in [0.3, 0.4) is 0 Å². The fourth-order valence-corrected chi connectivity index (χ4v) is 4.62. The van der Waals surface area contributed by atoms with Gasteiger partial charge in [-0.05, 0) is 29.7 Å². The zero-order valence-corrected chi connectivity index (χ0v) is 18.4. The summed E-state index contributed by atoms with van der Waals surface area (Å²) in [5, 5.41) is 9.29. The van der Waals surface area contributed by atoms with Gasteiger partial charge in [-0.25, -0.2) is 14.2 Å². The molecule has 2 atom stereocenters. The molecule has 2 heterocycles. The van der Waals surface area contributed by atoms with Crippen LogP contribution < -0.4 is 16.4 Å². The van der Waals surface area contributed by atoms with Gasteiger partial charge < -0.3 is 21.1 Å². The quantitative estimate of drug-likeness (QED) is 0.487. The number of morpholine rings is 1. The van der Waals surface area contributed by atoms with Crippen LogP contribution in [-0.4, -0.2) is 43.2 Å². The van der Waals surface area contributed by atoms with Crippen molar-refractivity contribution in [2.75, 3.05) is 31.1 Å². The highest BCUT2D eigenvalue weighted by atomic mass is 32.2. The van der Waals surface area contributed by atoms with E-state index in [9.17, 15) is 14.4 Å². The summed E-state index contributed by atoms with van der Waals surface area (Å²) in [6.45, 7) is 11.3. The summed E-state index contributed by atoms with van der Waals surface area (Å²) < 4.78 is 19.0. The summed E-state index contributed by atoms with van der Waals surface area (Å²) in [5.74, 6) is -0.644. The number of anilines is 1. The SMILES string of the molecule is [C-]#[N+]c1c(N2CCO[C@H](CN)C2)nc(SC(C(N)=O)c2ccc(F)cc2)c(C#N)c1CC. The molecule has 166 valence electrons. The Labute approximate surface area is 190 Å². The summed E-state index contributed by atoms with van der Waals surface area (Å²) in [5.41, 5.74) is 13.0. The number of aromatic nitrogens is 1. The number of thioether (sulfide) groups is 1. The second kappa shape index (κ2) is 10.4. The van der Waals surface area contributed by atoms with Gasteiger partial charge in [0.2, 0.25) is 11.6 Å². The molecule has 4 N–H and O–H groups in total. The first-order valence-electron chi connectivity index (χ1n) is 10.1. The highest BCUT2D eigenvalue weighted by molar-refractivity contribution is 8.00. The van der Waals surface area contributed by atoms with E-state index in [2.05, 4.69) is 15.9 Å². The van der Waals surface area contributed by atoms with Crippen LogP contribution in [0.1, 0.15) is 28.9 Å². The minimum Gasteiger partial charge on any atom is -0.373 e. The summed E-state index contributed by atoms with van der Waals surface area (Å²) in [6.07, 6.45) is 0.241. The predicted octanol–water partition coefficient (Wildman–Crippen LogP) is 2.69. The Morgan fingerprint density at radius 3 is 2.78 bits per heavy atom. The Hall–Kier alpha value is -3.18. The molecule has 0 bridgehead atoms. The molecule has 1 aromatic heterocycles. The number of pyridine rings is 1. The topological polar surface area (TPSA) is 123 Å². The molecule has 1 saturated heterocycles. The number of carbonyl (C=O) groups excluding carboxylic acids is 1. The highest BCUT2D eigenvalue weighted by Gasteiger charge is 2.29. The molecule has 8 nitrogen and oxygen atoms in total. The van der Waals surface area contributed by atoms with Crippen molar-refractivity contribution >= 4 is 29.2 Å². The van der Waals surface area contributed by atoms with Crippen molar-refractivity contribution in [2.45, 2.75) is 29.7 Å². The Bertz CT molecular complexity index is 1080. The van der Waals surface area contributed by atoms with Gasteiger partial charge in [-0.15, -0.1) is 0 Å². The Morgan fingerprint density at radius 1 is 1.50 bits per heavy atom. The number of carbonyl (C=O) groups is 1. The fourth-order valence-electron chi connectivity index (χ4n) is 3.56. The number of benzene rings is 1. The normalized spacial score (nSPS) is 16.8. The van der Waals surface area contributed by atoms with E-state index in [1.54, 1.807) is 0 Å². The predicted molar refractivity (Wildman–Crippen MR) is 120 cm³/mol. The number of halogens is 1. The van der Waals surface area contributed by atoms with E-state index < -0.39 is 17.0 Å². The first kappa shape index (κ1) is 23.5. The molecule has 1 fully saturated rings. The maximum atomic E-state index is 13.4. The smallest absolute Gasteiger partial charge is 0.235 e. The zero-order valence-electron chi connectivity index (χ0n) is 17.5. The lowest BCUT2D eigenvalue weighted by Crippen LogP contribution is -2.46. The Balaban J connectivity index is 2.12. The highest BCUT2D eigenvalue weighted by Crippen LogP contribution is 2.42. The lowest BCUT2D eigenvalue weighted by molar-refractivity contribution is -0.117. The first-order chi connectivity index (χ1) is 15.4. The zero-order chi connectivity index (χ0) is 23.3. The molecule has 1 unspecified atom stereocenters. The minimum atomic E-state index is -0.881. The van der Waals surface area contributed by atoms with Crippen LogP contribution in [0.2, 0.25) is 0 Å². The number of nitriles is 1. The first-order valence-corrected chi connectivity index (χ1v) is 10.9. The van der Waals surface area contributed by atoms with Crippen molar-refractivity contribution in [3.05, 3.63) is 58.2 Å². The number of hydrogen-bond acceptors (Lipinski definition) is 7. The third kappa shape index (κ3) is 4.83. The van der Waals surface area contributed by atoms with E-state index in [1.165, 1.54) is 24.3 Å². The van der Waals surface area contributed by atoms with Crippen molar-refractivity contribution in [2.24, 2.45) is 11.5 Å². The van der Waals surface area contributed by atoms with Crippen LogP contribution in [0, 0.1) is 23.7 Å². The van der Waals surface area contributed by atoms with Crippen molar-refractivity contribution in [3.63, 3.8) is 0 Å². The van der Waals surface area contributed by atoms with Crippen molar-refractivity contribution in [1.29, 1.82) is 5.26 Å². The second-order valence-electron chi connectivity index (χ2n) is 7.15. The summed E-state index contributed by atoms with van der Waals surface area (Å²) in [4.78, 5) is 22.5. The molecule has 3 rings (SSSR count). The molecule has 2 aromatic rings. The lowest BCUT2D eigenvalue weighted by atomic mass is 10.1. The number of nitrogens with two attached hydrogens (primary N) is 2. The molecule has 32 heavy (non-hydrogen) atoms. The molecule has 1 aromatic carbocycles. The average molecular weight is 455 g/mol. The molecular formula is C22H23FN6O2S. The number of ether oxygens (including phenoxy) is 1. The third-order valence-corrected chi connectivity index (χ3v) is 6.42. The molecule has 0 saturated carbocycles. The maximum Gasteiger partial charge on any atom is 0.235 e. The largest absolute Gasteiger partial charge is 0.373 e. The molecule has 0 aliphatic carbocycles. The minimum absolute atomic E-state index is 0.196. The van der Waals surface area contributed by atoms with Crippen LogP contribution in [0.25, 0.3) is 4.85 Å². The molecule has 0 spiro atoms. The van der Waals surface area contributed by atoms with Gasteiger partial charge in [0.05, 0.1) is 24.8 Å². The van der Waals surface area contributed by atoms with Crippen LogP contribution >= 0.6 is 11.8 Å². The van der Waals surface area contributed by atoms with Crippen molar-refractivity contribution in [3.8, 4) is 6.07 Å². The van der Waals surface area contributed by atoms with E-state index in [0.29, 0.717) is 60.3 Å². The van der Waals surface area contributed by atoms with Crippen LogP contribution in [0.4, 0.5) is 15.9 Å². The molecule has 1 amide bonds. The van der Waals surface area contributed by atoms with Gasteiger partial charge in [-0.3, -0.25) is 4.79 Å². The third-order valence-electron chi connectivity index (χ3n) is 5.16. The summed E-state index contributed by atoms with van der Waals surface area (Å²) in [7, 11) is 0. The molecule has 10 heteroatoms. The Morgan fingerprint density at radius 2 is 2.22 bits per heavy atom. The van der Waals surface area contributed by atoms with Gasteiger partial charge in [0.25, 0.3) is 0 Å². The van der Waals surface area contributed by atoms with E-state index in [0.717, 1.165) is 11.8 Å². The van der Waals surface area contributed by atoms with E-state index in [1.807, 2.05) is 11.8 Å². The van der Waals surface area contributed by atoms with E-state index in [-0.39, 0.29) is 11.7 Å². The summed E-state index contributed by atoms with van der Waals surface area (Å²) in [6, 6.07) is 7.59.